The summed E-state index contributed by atoms with van der Waals surface area (Å²) in [5, 5.41) is 22.8. The summed E-state index contributed by atoms with van der Waals surface area (Å²) in [4.78, 5) is 0. The molecule has 4 rings (SSSR count). The van der Waals surface area contributed by atoms with Gasteiger partial charge in [0, 0.05) is 0 Å². The van der Waals surface area contributed by atoms with Crippen LogP contribution in [0.15, 0.2) is 12.2 Å². The molecular weight excluding hydrogens is 606 g/mol. The first kappa shape index (κ1) is 39.6. The molecule has 0 spiro atoms. The number of hydrogen-bond donors (Lipinski definition) is 2. The van der Waals surface area contributed by atoms with Crippen LogP contribution in [0, 0.1) is 52.3 Å². The Morgan fingerprint density at radius 3 is 2.14 bits per heavy atom. The van der Waals surface area contributed by atoms with Gasteiger partial charge in [0.15, 0.2) is 0 Å². The molecule has 0 amide bonds. The first-order chi connectivity index (χ1) is 18.4. The third kappa shape index (κ3) is 8.27. The largest absolute Gasteiger partial charge is 1.00 e. The minimum atomic E-state index is -4.94. The van der Waals surface area contributed by atoms with Crippen molar-refractivity contribution in [1.82, 2.24) is 0 Å². The number of aliphatic hydroxyl groups excluding tert-OH is 2. The fourth-order valence-corrected chi connectivity index (χ4v) is 10.6. The molecule has 232 valence electrons. The Hall–Kier alpha value is 1.40. The molecule has 42 heavy (non-hydrogen) atoms. The first-order valence-electron chi connectivity index (χ1n) is 14.7. The van der Waals surface area contributed by atoms with Gasteiger partial charge >= 0.3 is 59.1 Å². The van der Waals surface area contributed by atoms with E-state index >= 15 is 0 Å². The fraction of sp³-hybridized carbons (Fsp3) is 0.929. The summed E-state index contributed by atoms with van der Waals surface area (Å²) >= 11 is 0. The van der Waals surface area contributed by atoms with E-state index in [1.807, 2.05) is 0 Å². The van der Waals surface area contributed by atoms with Crippen LogP contribution >= 0.6 is 0 Å². The van der Waals surface area contributed by atoms with Crippen LogP contribution in [0.3, 0.4) is 0 Å². The summed E-state index contributed by atoms with van der Waals surface area (Å²) in [6, 6.07) is 0. The van der Waals surface area contributed by atoms with Gasteiger partial charge in [0.25, 0.3) is 0 Å². The topological polar surface area (TPSA) is 173 Å². The van der Waals surface area contributed by atoms with Crippen molar-refractivity contribution in [3.8, 4) is 0 Å². The average Bonchev–Trinajstić information content (AvgIpc) is 3.15. The molecule has 14 heteroatoms. The molecular formula is C28H46Na2O10S2. The van der Waals surface area contributed by atoms with E-state index in [1.54, 1.807) is 0 Å². The molecule has 3 unspecified atom stereocenters. The number of fused-ring (bicyclic) bond motifs is 5. The Labute approximate surface area is 296 Å². The van der Waals surface area contributed by atoms with Crippen molar-refractivity contribution in [3.05, 3.63) is 12.2 Å². The van der Waals surface area contributed by atoms with Crippen LogP contribution in [0.5, 0.6) is 0 Å². The van der Waals surface area contributed by atoms with E-state index in [9.17, 15) is 36.2 Å². The summed E-state index contributed by atoms with van der Waals surface area (Å²) in [5.41, 5.74) is 0.341. The molecule has 0 heterocycles. The van der Waals surface area contributed by atoms with Crippen LogP contribution < -0.4 is 59.1 Å². The number of hydrogen-bond acceptors (Lipinski definition) is 10. The van der Waals surface area contributed by atoms with Crippen molar-refractivity contribution < 1.29 is 104 Å². The quantitative estimate of drug-likeness (QED) is 0.111. The van der Waals surface area contributed by atoms with Crippen molar-refractivity contribution in [1.29, 1.82) is 0 Å². The molecule has 4 aliphatic rings. The van der Waals surface area contributed by atoms with E-state index in [2.05, 4.69) is 34.3 Å². The van der Waals surface area contributed by atoms with Gasteiger partial charge in [-0.05, 0) is 110 Å². The first-order valence-corrected chi connectivity index (χ1v) is 17.3. The zero-order valence-electron chi connectivity index (χ0n) is 26.0. The van der Waals surface area contributed by atoms with Crippen molar-refractivity contribution in [2.45, 2.75) is 104 Å². The maximum Gasteiger partial charge on any atom is 1.00 e. The Bertz CT molecular complexity index is 1170. The molecule has 4 saturated carbocycles. The third-order valence-electron chi connectivity index (χ3n) is 11.6. The molecule has 0 aromatic heterocycles. The summed E-state index contributed by atoms with van der Waals surface area (Å²) in [7, 11) is -9.78. The molecule has 0 aromatic rings. The zero-order valence-corrected chi connectivity index (χ0v) is 31.7. The second-order valence-electron chi connectivity index (χ2n) is 13.8. The molecule has 0 aromatic carbocycles. The summed E-state index contributed by atoms with van der Waals surface area (Å²) in [6.07, 6.45) is 2.94. The predicted molar refractivity (Wildman–Crippen MR) is 145 cm³/mol. The Morgan fingerprint density at radius 1 is 0.952 bits per heavy atom. The van der Waals surface area contributed by atoms with E-state index in [1.165, 1.54) is 0 Å². The SMILES string of the molecule is C=C(CC[C@@H](COS(=O)(=O)[O-])[C@H]1CCC2C3CC[C@@H]4[C@H](O)[C@H](OS(=O)(=O)[O-])CC[C@]4(C)C3[C@@H](O)C[C@@]21C)C(C)C.[Na+].[Na+]. The molecule has 10 nitrogen and oxygen atoms in total. The minimum absolute atomic E-state index is 0. The molecule has 2 N–H and O–H groups in total. The van der Waals surface area contributed by atoms with Crippen LogP contribution in [0.2, 0.25) is 0 Å². The normalized spacial score (nSPS) is 40.6. The van der Waals surface area contributed by atoms with E-state index in [4.69, 9.17) is 8.37 Å². The Kier molecular flexibility index (Phi) is 13.8. The van der Waals surface area contributed by atoms with Gasteiger partial charge in [-0.25, -0.2) is 16.8 Å². The zero-order chi connectivity index (χ0) is 29.8. The average molecular weight is 653 g/mol. The van der Waals surface area contributed by atoms with Crippen molar-refractivity contribution in [3.63, 3.8) is 0 Å². The van der Waals surface area contributed by atoms with Crippen LogP contribution in [0.1, 0.15) is 85.5 Å². The fourth-order valence-electron chi connectivity index (χ4n) is 9.73. The monoisotopic (exact) mass is 652 g/mol. The van der Waals surface area contributed by atoms with E-state index in [0.29, 0.717) is 32.1 Å². The standard InChI is InChI=1S/C28H48O10S2.2Na/c1-16(2)17(3)6-7-18(15-37-39(31,32)33)20-10-11-21-19-8-9-22-26(30)24(38-40(34,35)36)12-13-27(22,4)25(19)23(29)14-28(20,21)5;;/h16,18-26,29-30H,3,6-15H2,1-2,4-5H3,(H,31,32,33)(H,34,35,36);;/q;2*+1/p-2/t18-,19?,20+,21?,22+,23-,24+,25?,26-,27-,28+;;/m0../s1. The van der Waals surface area contributed by atoms with Crippen molar-refractivity contribution in [2.24, 2.45) is 52.3 Å². The van der Waals surface area contributed by atoms with Gasteiger partial charge in [0.05, 0.1) is 18.8 Å². The second kappa shape index (κ2) is 14.7. The summed E-state index contributed by atoms with van der Waals surface area (Å²) < 4.78 is 77.4. The van der Waals surface area contributed by atoms with Crippen LogP contribution in [0.25, 0.3) is 0 Å². The van der Waals surface area contributed by atoms with Crippen LogP contribution in [-0.4, -0.2) is 61.1 Å². The number of allylic oxidation sites excluding steroid dienone is 1. The van der Waals surface area contributed by atoms with Gasteiger partial charge < -0.3 is 19.3 Å². The van der Waals surface area contributed by atoms with Gasteiger partial charge in [0.1, 0.15) is 6.10 Å². The molecule has 4 aliphatic carbocycles. The Morgan fingerprint density at radius 2 is 1.57 bits per heavy atom. The van der Waals surface area contributed by atoms with E-state index in [0.717, 1.165) is 24.8 Å². The summed E-state index contributed by atoms with van der Waals surface area (Å²) in [6.45, 7) is 12.4. The van der Waals surface area contributed by atoms with Gasteiger partial charge in [-0.1, -0.05) is 39.8 Å². The predicted octanol–water partition coefficient (Wildman–Crippen LogP) is -2.47. The molecule has 0 radical (unpaired) electrons. The van der Waals surface area contributed by atoms with Crippen LogP contribution in [0.4, 0.5) is 0 Å². The number of aliphatic hydroxyl groups is 2. The Balaban J connectivity index is 0.00000308. The third-order valence-corrected chi connectivity index (χ3v) is 12.5. The van der Waals surface area contributed by atoms with E-state index in [-0.39, 0.29) is 119 Å². The van der Waals surface area contributed by atoms with Crippen molar-refractivity contribution >= 4 is 20.8 Å². The smallest absolute Gasteiger partial charge is 0.726 e. The van der Waals surface area contributed by atoms with Gasteiger partial charge in [0.2, 0.25) is 20.8 Å². The van der Waals surface area contributed by atoms with Crippen molar-refractivity contribution in [2.75, 3.05) is 6.61 Å². The molecule has 0 bridgehead atoms. The molecule has 0 aliphatic heterocycles. The van der Waals surface area contributed by atoms with E-state index < -0.39 is 44.5 Å². The maximum absolute atomic E-state index is 11.8. The van der Waals surface area contributed by atoms with Gasteiger partial charge in [-0.15, -0.1) is 0 Å². The van der Waals surface area contributed by atoms with Gasteiger partial charge in [-0.3, -0.25) is 8.37 Å². The molecule has 4 fully saturated rings. The van der Waals surface area contributed by atoms with Crippen LogP contribution in [-0.2, 0) is 29.2 Å². The molecule has 11 atom stereocenters. The molecule has 0 saturated heterocycles. The van der Waals surface area contributed by atoms with Gasteiger partial charge in [-0.2, -0.15) is 0 Å². The maximum atomic E-state index is 11.8. The number of rotatable bonds is 10. The summed E-state index contributed by atoms with van der Waals surface area (Å²) in [5.74, 6) is 0.246. The minimum Gasteiger partial charge on any atom is -0.726 e. The second-order valence-corrected chi connectivity index (χ2v) is 15.9.